The summed E-state index contributed by atoms with van der Waals surface area (Å²) in [5, 5.41) is 15.9. The molecule has 9 nitrogen and oxygen atoms in total. The van der Waals surface area contributed by atoms with Crippen LogP contribution in [-0.2, 0) is 21.4 Å². The minimum absolute atomic E-state index is 0.00945. The van der Waals surface area contributed by atoms with Gasteiger partial charge >= 0.3 is 0 Å². The molecule has 1 fully saturated rings. The van der Waals surface area contributed by atoms with Gasteiger partial charge in [-0.15, -0.1) is 0 Å². The van der Waals surface area contributed by atoms with Crippen LogP contribution in [0.2, 0.25) is 0 Å². The molecule has 10 heteroatoms. The summed E-state index contributed by atoms with van der Waals surface area (Å²) in [6.07, 6.45) is 4.93. The average molecular weight is 458 g/mol. The van der Waals surface area contributed by atoms with Crippen LogP contribution in [0.5, 0.6) is 0 Å². The van der Waals surface area contributed by atoms with E-state index in [-0.39, 0.29) is 23.0 Å². The van der Waals surface area contributed by atoms with Gasteiger partial charge in [-0.25, -0.2) is 13.1 Å². The van der Waals surface area contributed by atoms with Gasteiger partial charge in [-0.3, -0.25) is 9.59 Å². The minimum atomic E-state index is -3.62. The molecule has 0 unspecified atom stereocenters. The lowest BCUT2D eigenvalue weighted by Gasteiger charge is -2.30. The van der Waals surface area contributed by atoms with Crippen LogP contribution in [0.4, 0.5) is 5.69 Å². The number of hydrogen-bond acceptors (Lipinski definition) is 6. The molecule has 0 bridgehead atoms. The molecule has 0 aliphatic heterocycles. The van der Waals surface area contributed by atoms with Gasteiger partial charge in [0.1, 0.15) is 18.2 Å². The van der Waals surface area contributed by atoms with Crippen molar-refractivity contribution >= 4 is 21.6 Å². The summed E-state index contributed by atoms with van der Waals surface area (Å²) in [7, 11) is -2.00. The lowest BCUT2D eigenvalue weighted by molar-refractivity contribution is -0.117. The number of benzene rings is 1. The van der Waals surface area contributed by atoms with Crippen molar-refractivity contribution in [2.45, 2.75) is 63.4 Å². The first-order chi connectivity index (χ1) is 15.1. The molecule has 1 aromatic heterocycles. The summed E-state index contributed by atoms with van der Waals surface area (Å²) >= 11 is 0. The number of nitriles is 1. The molecule has 3 rings (SSSR count). The molecule has 32 heavy (non-hydrogen) atoms. The third kappa shape index (κ3) is 4.89. The third-order valence-corrected chi connectivity index (χ3v) is 7.87. The van der Waals surface area contributed by atoms with Crippen molar-refractivity contribution in [2.24, 2.45) is 0 Å². The molecule has 1 amide bonds. The fourth-order valence-corrected chi connectivity index (χ4v) is 5.28. The van der Waals surface area contributed by atoms with Crippen molar-refractivity contribution in [3.63, 3.8) is 0 Å². The molecule has 170 valence electrons. The highest BCUT2D eigenvalue weighted by Gasteiger charge is 2.29. The Morgan fingerprint density at radius 2 is 1.84 bits per heavy atom. The van der Waals surface area contributed by atoms with Gasteiger partial charge in [-0.2, -0.15) is 14.7 Å². The predicted molar refractivity (Wildman–Crippen MR) is 120 cm³/mol. The van der Waals surface area contributed by atoms with E-state index in [4.69, 9.17) is 0 Å². The number of aromatic nitrogens is 2. The number of anilines is 1. The predicted octanol–water partition coefficient (Wildman–Crippen LogP) is 2.32. The number of carbonyl (C=O) groups is 1. The van der Waals surface area contributed by atoms with E-state index in [0.717, 1.165) is 36.8 Å². The molecule has 1 saturated carbocycles. The van der Waals surface area contributed by atoms with Gasteiger partial charge in [0.05, 0.1) is 10.6 Å². The molecule has 1 aliphatic rings. The van der Waals surface area contributed by atoms with Gasteiger partial charge in [0.2, 0.25) is 15.9 Å². The number of nitrogens with zero attached hydrogens (tertiary/aromatic N) is 4. The Labute approximate surface area is 187 Å². The van der Waals surface area contributed by atoms with E-state index >= 15 is 0 Å². The molecular weight excluding hydrogens is 430 g/mol. The first-order valence-electron chi connectivity index (χ1n) is 10.5. The fraction of sp³-hybridized carbons (Fsp3) is 0.455. The second-order valence-corrected chi connectivity index (χ2v) is 10.0. The Morgan fingerprint density at radius 3 is 2.44 bits per heavy atom. The lowest BCUT2D eigenvalue weighted by atomic mass is 9.96. The van der Waals surface area contributed by atoms with E-state index in [1.807, 2.05) is 6.07 Å². The number of rotatable bonds is 6. The van der Waals surface area contributed by atoms with Crippen LogP contribution < -0.4 is 10.9 Å². The van der Waals surface area contributed by atoms with E-state index < -0.39 is 21.5 Å². The highest BCUT2D eigenvalue weighted by atomic mass is 32.2. The maximum Gasteiger partial charge on any atom is 0.285 e. The van der Waals surface area contributed by atoms with Crippen LogP contribution in [0.3, 0.4) is 0 Å². The molecule has 0 atom stereocenters. The highest BCUT2D eigenvalue weighted by Crippen LogP contribution is 2.27. The van der Waals surface area contributed by atoms with Crippen LogP contribution in [0.1, 0.15) is 48.9 Å². The SMILES string of the molecule is Cc1nn(CC(=O)Nc2ccc(S(=O)(=O)N(C)C3CCCCC3)cc2)c(=O)c(C#N)c1C. The Bertz CT molecular complexity index is 1210. The molecule has 1 N–H and O–H groups in total. The summed E-state index contributed by atoms with van der Waals surface area (Å²) in [5.74, 6) is -0.512. The number of sulfonamides is 1. The van der Waals surface area contributed by atoms with Crippen LogP contribution in [0.15, 0.2) is 34.0 Å². The average Bonchev–Trinajstić information content (AvgIpc) is 2.78. The minimum Gasteiger partial charge on any atom is -0.324 e. The highest BCUT2D eigenvalue weighted by molar-refractivity contribution is 7.89. The first-order valence-corrected chi connectivity index (χ1v) is 12.0. The molecule has 0 spiro atoms. The van der Waals surface area contributed by atoms with E-state index in [2.05, 4.69) is 10.4 Å². The Kier molecular flexibility index (Phi) is 7.11. The summed E-state index contributed by atoms with van der Waals surface area (Å²) in [5.41, 5.74) is 0.710. The van der Waals surface area contributed by atoms with Gasteiger partial charge < -0.3 is 5.32 Å². The zero-order chi connectivity index (χ0) is 23.5. The van der Waals surface area contributed by atoms with E-state index in [9.17, 15) is 23.3 Å². The van der Waals surface area contributed by atoms with E-state index in [0.29, 0.717) is 16.9 Å². The topological polar surface area (TPSA) is 125 Å². The van der Waals surface area contributed by atoms with E-state index in [1.54, 1.807) is 20.9 Å². The Hall–Kier alpha value is -3.03. The van der Waals surface area contributed by atoms with Crippen LogP contribution in [0.25, 0.3) is 0 Å². The van der Waals surface area contributed by atoms with Crippen molar-refractivity contribution < 1.29 is 13.2 Å². The normalized spacial score (nSPS) is 14.8. The maximum atomic E-state index is 12.9. The number of amides is 1. The largest absolute Gasteiger partial charge is 0.324 e. The fourth-order valence-electron chi connectivity index (χ4n) is 3.86. The molecular formula is C22H27N5O4S. The molecule has 1 aromatic carbocycles. The number of carbonyl (C=O) groups excluding carboxylic acids is 1. The van der Waals surface area contributed by atoms with Gasteiger partial charge in [0.25, 0.3) is 5.56 Å². The number of nitrogens with one attached hydrogen (secondary N) is 1. The van der Waals surface area contributed by atoms with Gasteiger partial charge in [-0.1, -0.05) is 19.3 Å². The quantitative estimate of drug-likeness (QED) is 0.710. The lowest BCUT2D eigenvalue weighted by Crippen LogP contribution is -2.38. The summed E-state index contributed by atoms with van der Waals surface area (Å²) < 4.78 is 28.3. The number of hydrogen-bond donors (Lipinski definition) is 1. The smallest absolute Gasteiger partial charge is 0.285 e. The molecule has 1 aliphatic carbocycles. The van der Waals surface area contributed by atoms with Crippen molar-refractivity contribution in [3.05, 3.63) is 51.4 Å². The van der Waals surface area contributed by atoms with Crippen molar-refractivity contribution in [3.8, 4) is 6.07 Å². The molecule has 0 radical (unpaired) electrons. The van der Waals surface area contributed by atoms with E-state index in [1.165, 1.54) is 28.6 Å². The summed E-state index contributed by atoms with van der Waals surface area (Å²) in [6, 6.07) is 7.80. The van der Waals surface area contributed by atoms with Crippen LogP contribution in [-0.4, -0.2) is 41.5 Å². The second-order valence-electron chi connectivity index (χ2n) is 8.05. The Balaban J connectivity index is 1.71. The monoisotopic (exact) mass is 457 g/mol. The zero-order valence-electron chi connectivity index (χ0n) is 18.5. The molecule has 1 heterocycles. The van der Waals surface area contributed by atoms with Crippen molar-refractivity contribution in [1.82, 2.24) is 14.1 Å². The molecule has 2 aromatic rings. The summed E-state index contributed by atoms with van der Waals surface area (Å²) in [4.78, 5) is 24.9. The first kappa shape index (κ1) is 23.6. The van der Waals surface area contributed by atoms with Crippen LogP contribution >= 0.6 is 0 Å². The Morgan fingerprint density at radius 1 is 1.22 bits per heavy atom. The maximum absolute atomic E-state index is 12.9. The zero-order valence-corrected chi connectivity index (χ0v) is 19.3. The van der Waals surface area contributed by atoms with Gasteiger partial charge in [0.15, 0.2) is 0 Å². The van der Waals surface area contributed by atoms with Gasteiger partial charge in [0, 0.05) is 18.8 Å². The number of aryl methyl sites for hydroxylation is 1. The van der Waals surface area contributed by atoms with Gasteiger partial charge in [-0.05, 0) is 56.5 Å². The molecule has 0 saturated heterocycles. The second kappa shape index (κ2) is 9.63. The standard InChI is InChI=1S/C22H27N5O4S/c1-15-16(2)25-27(22(29)20(15)13-23)14-21(28)24-17-9-11-19(12-10-17)32(30,31)26(3)18-7-5-4-6-8-18/h9-12,18H,4-8,14H2,1-3H3,(H,24,28). The van der Waals surface area contributed by atoms with Crippen molar-refractivity contribution in [2.75, 3.05) is 12.4 Å². The van der Waals surface area contributed by atoms with Crippen molar-refractivity contribution in [1.29, 1.82) is 5.26 Å². The summed E-state index contributed by atoms with van der Waals surface area (Å²) in [6.45, 7) is 2.93. The third-order valence-electron chi connectivity index (χ3n) is 5.95. The van der Waals surface area contributed by atoms with Crippen LogP contribution in [0, 0.1) is 25.2 Å².